The summed E-state index contributed by atoms with van der Waals surface area (Å²) in [7, 11) is 0. The summed E-state index contributed by atoms with van der Waals surface area (Å²) in [6.45, 7) is 0. The number of benzene rings is 2. The van der Waals surface area contributed by atoms with Gasteiger partial charge in [-0.05, 0) is 29.8 Å². The number of nitro benzene ring substituents is 1. The zero-order chi connectivity index (χ0) is 15.4. The number of carbonyl (C=O) groups excluding carboxylic acids is 1. The normalized spacial score (nSPS) is 10.8. The first-order valence-electron chi connectivity index (χ1n) is 5.90. The molecule has 0 fully saturated rings. The van der Waals surface area contributed by atoms with Crippen LogP contribution < -0.4 is 0 Å². The van der Waals surface area contributed by atoms with E-state index in [1.807, 2.05) is 0 Å². The highest BCUT2D eigenvalue weighted by Gasteiger charge is 2.16. The van der Waals surface area contributed by atoms with Gasteiger partial charge in [0.2, 0.25) is 0 Å². The van der Waals surface area contributed by atoms with Crippen molar-refractivity contribution >= 4 is 40.7 Å². The number of hydrogen-bond acceptors (Lipinski definition) is 3. The van der Waals surface area contributed by atoms with Crippen molar-refractivity contribution in [3.8, 4) is 0 Å². The van der Waals surface area contributed by atoms with Gasteiger partial charge < -0.3 is 0 Å². The van der Waals surface area contributed by atoms with Crippen LogP contribution in [0.5, 0.6) is 0 Å². The quantitative estimate of drug-likeness (QED) is 0.352. The van der Waals surface area contributed by atoms with Crippen LogP contribution in [0.3, 0.4) is 0 Å². The third-order valence-electron chi connectivity index (χ3n) is 2.74. The summed E-state index contributed by atoms with van der Waals surface area (Å²) in [6.07, 6.45) is 2.79. The van der Waals surface area contributed by atoms with Gasteiger partial charge in [0.15, 0.2) is 5.78 Å². The standard InChI is InChI=1S/C15H9Cl2NO3/c16-12-7-5-10(9-13(12)17)6-8-15(19)11-3-1-2-4-14(11)18(20)21/h1-9H/b8-6+. The molecule has 0 saturated carbocycles. The summed E-state index contributed by atoms with van der Waals surface area (Å²) in [5, 5.41) is 11.7. The molecule has 2 aromatic rings. The average molecular weight is 322 g/mol. The maximum Gasteiger partial charge on any atom is 0.280 e. The predicted octanol–water partition coefficient (Wildman–Crippen LogP) is 4.80. The van der Waals surface area contributed by atoms with E-state index in [9.17, 15) is 14.9 Å². The Labute approximate surface area is 130 Å². The maximum absolute atomic E-state index is 12.0. The molecule has 0 N–H and O–H groups in total. The van der Waals surface area contributed by atoms with Crippen LogP contribution in [0.25, 0.3) is 6.08 Å². The Morgan fingerprint density at radius 2 is 1.81 bits per heavy atom. The summed E-state index contributed by atoms with van der Waals surface area (Å²) in [5.41, 5.74) is 0.497. The fourth-order valence-electron chi connectivity index (χ4n) is 1.72. The van der Waals surface area contributed by atoms with Crippen molar-refractivity contribution in [2.75, 3.05) is 0 Å². The molecule has 0 radical (unpaired) electrons. The second-order valence-electron chi connectivity index (χ2n) is 4.15. The van der Waals surface area contributed by atoms with Crippen LogP contribution in [0.2, 0.25) is 10.0 Å². The molecule has 0 heterocycles. The molecule has 0 bridgehead atoms. The molecule has 6 heteroatoms. The van der Waals surface area contributed by atoms with E-state index in [2.05, 4.69) is 0 Å². The van der Waals surface area contributed by atoms with E-state index in [1.54, 1.807) is 24.3 Å². The third-order valence-corrected chi connectivity index (χ3v) is 3.48. The van der Waals surface area contributed by atoms with Crippen molar-refractivity contribution in [1.29, 1.82) is 0 Å². The number of nitro groups is 1. The molecule has 2 aromatic carbocycles. The number of rotatable bonds is 4. The summed E-state index contributed by atoms with van der Waals surface area (Å²) < 4.78 is 0. The molecule has 4 nitrogen and oxygen atoms in total. The molecule has 0 saturated heterocycles. The molecular weight excluding hydrogens is 313 g/mol. The zero-order valence-corrected chi connectivity index (χ0v) is 12.1. The molecule has 0 aliphatic rings. The van der Waals surface area contributed by atoms with Gasteiger partial charge in [0.1, 0.15) is 0 Å². The first-order valence-corrected chi connectivity index (χ1v) is 6.65. The molecule has 0 aromatic heterocycles. The number of allylic oxidation sites excluding steroid dienone is 1. The Kier molecular flexibility index (Phi) is 4.73. The van der Waals surface area contributed by atoms with Crippen molar-refractivity contribution < 1.29 is 9.72 Å². The van der Waals surface area contributed by atoms with Crippen LogP contribution in [0.15, 0.2) is 48.5 Å². The van der Waals surface area contributed by atoms with Gasteiger partial charge >= 0.3 is 0 Å². The van der Waals surface area contributed by atoms with Gasteiger partial charge in [-0.2, -0.15) is 0 Å². The number of para-hydroxylation sites is 1. The van der Waals surface area contributed by atoms with Crippen molar-refractivity contribution in [3.05, 3.63) is 79.8 Å². The molecule has 0 aliphatic carbocycles. The fourth-order valence-corrected chi connectivity index (χ4v) is 2.03. The minimum Gasteiger partial charge on any atom is -0.289 e. The lowest BCUT2D eigenvalue weighted by Crippen LogP contribution is -2.00. The monoisotopic (exact) mass is 321 g/mol. The lowest BCUT2D eigenvalue weighted by molar-refractivity contribution is -0.385. The topological polar surface area (TPSA) is 60.2 Å². The zero-order valence-electron chi connectivity index (χ0n) is 10.6. The van der Waals surface area contributed by atoms with Gasteiger partial charge in [-0.25, -0.2) is 0 Å². The highest BCUT2D eigenvalue weighted by Crippen LogP contribution is 2.23. The lowest BCUT2D eigenvalue weighted by atomic mass is 10.1. The molecule has 106 valence electrons. The van der Waals surface area contributed by atoms with Gasteiger partial charge in [0.05, 0.1) is 20.5 Å². The van der Waals surface area contributed by atoms with Gasteiger partial charge in [0.25, 0.3) is 5.69 Å². The lowest BCUT2D eigenvalue weighted by Gasteiger charge is -1.99. The minimum absolute atomic E-state index is 0.0406. The molecular formula is C15H9Cl2NO3. The minimum atomic E-state index is -0.583. The van der Waals surface area contributed by atoms with E-state index in [1.165, 1.54) is 30.4 Å². The number of carbonyl (C=O) groups is 1. The van der Waals surface area contributed by atoms with E-state index >= 15 is 0 Å². The van der Waals surface area contributed by atoms with E-state index in [0.29, 0.717) is 15.6 Å². The second-order valence-corrected chi connectivity index (χ2v) is 4.96. The third kappa shape index (κ3) is 3.68. The van der Waals surface area contributed by atoms with Gasteiger partial charge in [-0.15, -0.1) is 0 Å². The summed E-state index contributed by atoms with van der Waals surface area (Å²) in [4.78, 5) is 22.3. The van der Waals surface area contributed by atoms with Gasteiger partial charge in [-0.3, -0.25) is 14.9 Å². The highest BCUT2D eigenvalue weighted by atomic mass is 35.5. The van der Waals surface area contributed by atoms with Gasteiger partial charge in [-0.1, -0.05) is 47.5 Å². The predicted molar refractivity (Wildman–Crippen MR) is 82.9 cm³/mol. The van der Waals surface area contributed by atoms with Crippen molar-refractivity contribution in [2.45, 2.75) is 0 Å². The SMILES string of the molecule is O=C(/C=C/c1ccc(Cl)c(Cl)c1)c1ccccc1[N+](=O)[O-]. The Morgan fingerprint density at radius 1 is 1.10 bits per heavy atom. The summed E-state index contributed by atoms with van der Waals surface area (Å²) in [6, 6.07) is 10.7. The van der Waals surface area contributed by atoms with Crippen LogP contribution in [0.4, 0.5) is 5.69 Å². The second kappa shape index (κ2) is 6.52. The largest absolute Gasteiger partial charge is 0.289 e. The molecule has 0 aliphatic heterocycles. The Balaban J connectivity index is 2.27. The molecule has 0 atom stereocenters. The van der Waals surface area contributed by atoms with Crippen molar-refractivity contribution in [3.63, 3.8) is 0 Å². The average Bonchev–Trinajstić information content (AvgIpc) is 2.48. The number of halogens is 2. The van der Waals surface area contributed by atoms with Gasteiger partial charge in [0, 0.05) is 6.07 Å². The fraction of sp³-hybridized carbons (Fsp3) is 0. The molecule has 0 unspecified atom stereocenters. The van der Waals surface area contributed by atoms with E-state index in [4.69, 9.17) is 23.2 Å². The molecule has 21 heavy (non-hydrogen) atoms. The Hall–Kier alpha value is -2.17. The molecule has 0 spiro atoms. The Bertz CT molecular complexity index is 741. The van der Waals surface area contributed by atoms with Crippen molar-refractivity contribution in [1.82, 2.24) is 0 Å². The van der Waals surface area contributed by atoms with Crippen LogP contribution in [0.1, 0.15) is 15.9 Å². The van der Waals surface area contributed by atoms with E-state index < -0.39 is 10.7 Å². The molecule has 2 rings (SSSR count). The first-order chi connectivity index (χ1) is 9.99. The van der Waals surface area contributed by atoms with Crippen molar-refractivity contribution in [2.24, 2.45) is 0 Å². The highest BCUT2D eigenvalue weighted by molar-refractivity contribution is 6.42. The number of nitrogens with zero attached hydrogens (tertiary/aromatic N) is 1. The van der Waals surface area contributed by atoms with E-state index in [0.717, 1.165) is 0 Å². The van der Waals surface area contributed by atoms with Crippen LogP contribution in [0, 0.1) is 10.1 Å². The number of hydrogen-bond donors (Lipinski definition) is 0. The van der Waals surface area contributed by atoms with E-state index in [-0.39, 0.29) is 11.3 Å². The molecule has 0 amide bonds. The summed E-state index contributed by atoms with van der Waals surface area (Å²) >= 11 is 11.7. The summed E-state index contributed by atoms with van der Waals surface area (Å²) in [5.74, 6) is -0.451. The van der Waals surface area contributed by atoms with Crippen LogP contribution in [-0.2, 0) is 0 Å². The Morgan fingerprint density at radius 3 is 2.48 bits per heavy atom. The first kappa shape index (κ1) is 15.2. The van der Waals surface area contributed by atoms with Crippen LogP contribution >= 0.6 is 23.2 Å². The maximum atomic E-state index is 12.0. The smallest absolute Gasteiger partial charge is 0.280 e. The van der Waals surface area contributed by atoms with Crippen LogP contribution in [-0.4, -0.2) is 10.7 Å². The number of ketones is 1.